The molecule has 0 aliphatic heterocycles. The minimum Gasteiger partial charge on any atom is -0.454 e. The van der Waals surface area contributed by atoms with Gasteiger partial charge in [0.15, 0.2) is 12.4 Å². The maximum absolute atomic E-state index is 11.7. The van der Waals surface area contributed by atoms with Crippen LogP contribution in [0.4, 0.5) is 0 Å². The number of aryl methyl sites for hydroxylation is 1. The Bertz CT molecular complexity index is 831. The Morgan fingerprint density at radius 2 is 2.18 bits per heavy atom. The molecule has 0 fully saturated rings. The number of carbonyl (C=O) groups excluding carboxylic acids is 1. The maximum Gasteiger partial charge on any atom is 0.331 e. The Kier molecular flexibility index (Phi) is 3.96. The van der Waals surface area contributed by atoms with Gasteiger partial charge in [0, 0.05) is 29.3 Å². The lowest BCUT2D eigenvalue weighted by atomic mass is 10.1. The van der Waals surface area contributed by atoms with Gasteiger partial charge < -0.3 is 9.26 Å². The molecule has 0 saturated carbocycles. The molecule has 0 atom stereocenters. The molecule has 0 spiro atoms. The molecule has 2 aromatic heterocycles. The van der Waals surface area contributed by atoms with Crippen LogP contribution in [0.2, 0.25) is 0 Å². The molecular formula is C17H14N2O3. The molecule has 0 unspecified atom stereocenters. The van der Waals surface area contributed by atoms with Crippen molar-refractivity contribution >= 4 is 22.9 Å². The van der Waals surface area contributed by atoms with E-state index < -0.39 is 5.97 Å². The number of pyridine rings is 1. The number of nitrogens with zero attached hydrogens (tertiary/aromatic N) is 2. The molecule has 2 heterocycles. The Morgan fingerprint density at radius 1 is 1.32 bits per heavy atom. The summed E-state index contributed by atoms with van der Waals surface area (Å²) in [5.74, 6) is 0.0769. The second-order valence-corrected chi connectivity index (χ2v) is 4.80. The largest absolute Gasteiger partial charge is 0.454 e. The molecule has 5 heteroatoms. The Labute approximate surface area is 127 Å². The number of esters is 1. The van der Waals surface area contributed by atoms with Crippen LogP contribution in [0.1, 0.15) is 17.0 Å². The highest BCUT2D eigenvalue weighted by molar-refractivity contribution is 5.92. The minimum atomic E-state index is -0.443. The molecule has 3 rings (SSSR count). The van der Waals surface area contributed by atoms with Gasteiger partial charge in [-0.2, -0.15) is 0 Å². The first-order valence-corrected chi connectivity index (χ1v) is 6.83. The van der Waals surface area contributed by atoms with Gasteiger partial charge in [0.1, 0.15) is 0 Å². The Hall–Kier alpha value is -2.95. The van der Waals surface area contributed by atoms with Crippen LogP contribution >= 0.6 is 0 Å². The zero-order valence-corrected chi connectivity index (χ0v) is 12.0. The zero-order chi connectivity index (χ0) is 15.4. The molecule has 3 aromatic rings. The first-order valence-electron chi connectivity index (χ1n) is 6.83. The molecule has 0 saturated heterocycles. The lowest BCUT2D eigenvalue weighted by Crippen LogP contribution is -1.99. The average molecular weight is 294 g/mol. The van der Waals surface area contributed by atoms with E-state index in [1.54, 1.807) is 18.3 Å². The highest BCUT2D eigenvalue weighted by atomic mass is 16.5. The number of para-hydroxylation sites is 1. The van der Waals surface area contributed by atoms with Crippen LogP contribution in [0.5, 0.6) is 0 Å². The van der Waals surface area contributed by atoms with Gasteiger partial charge in [-0.1, -0.05) is 29.4 Å². The predicted octanol–water partition coefficient (Wildman–Crippen LogP) is 3.29. The molecule has 1 aromatic carbocycles. The fourth-order valence-corrected chi connectivity index (χ4v) is 2.09. The van der Waals surface area contributed by atoms with Crippen molar-refractivity contribution in [3.63, 3.8) is 0 Å². The van der Waals surface area contributed by atoms with Crippen molar-refractivity contribution in [1.29, 1.82) is 0 Å². The molecule has 110 valence electrons. The fraction of sp³-hybridized carbons (Fsp3) is 0.118. The van der Waals surface area contributed by atoms with Crippen LogP contribution in [-0.4, -0.2) is 16.1 Å². The zero-order valence-electron chi connectivity index (χ0n) is 12.0. The summed E-state index contributed by atoms with van der Waals surface area (Å²) in [7, 11) is 0. The summed E-state index contributed by atoms with van der Waals surface area (Å²) in [4.78, 5) is 16.1. The minimum absolute atomic E-state index is 0.0673. The third-order valence-electron chi connectivity index (χ3n) is 3.10. The summed E-state index contributed by atoms with van der Waals surface area (Å²) < 4.78 is 10.1. The van der Waals surface area contributed by atoms with Crippen molar-refractivity contribution in [1.82, 2.24) is 10.1 Å². The number of ether oxygens (including phenoxy) is 1. The molecule has 0 N–H and O–H groups in total. The molecule has 0 bridgehead atoms. The second-order valence-electron chi connectivity index (χ2n) is 4.80. The van der Waals surface area contributed by atoms with E-state index in [1.807, 2.05) is 37.3 Å². The van der Waals surface area contributed by atoms with Crippen molar-refractivity contribution < 1.29 is 14.1 Å². The summed E-state index contributed by atoms with van der Waals surface area (Å²) in [5, 5.41) is 4.75. The van der Waals surface area contributed by atoms with E-state index in [9.17, 15) is 4.79 Å². The second kappa shape index (κ2) is 6.22. The van der Waals surface area contributed by atoms with Gasteiger partial charge in [-0.3, -0.25) is 4.98 Å². The van der Waals surface area contributed by atoms with E-state index in [4.69, 9.17) is 9.26 Å². The number of hydrogen-bond acceptors (Lipinski definition) is 5. The predicted molar refractivity (Wildman–Crippen MR) is 81.8 cm³/mol. The molecule has 22 heavy (non-hydrogen) atoms. The summed E-state index contributed by atoms with van der Waals surface area (Å²) >= 11 is 0. The summed E-state index contributed by atoms with van der Waals surface area (Å²) in [5.41, 5.74) is 2.47. The van der Waals surface area contributed by atoms with Gasteiger partial charge in [0.05, 0.1) is 11.2 Å². The molecule has 0 radical (unpaired) electrons. The number of aromatic nitrogens is 2. The number of carbonyl (C=O) groups is 1. The van der Waals surface area contributed by atoms with Gasteiger partial charge in [-0.15, -0.1) is 0 Å². The van der Waals surface area contributed by atoms with Crippen LogP contribution in [0.3, 0.4) is 0 Å². The maximum atomic E-state index is 11.7. The normalized spacial score (nSPS) is 11.1. The van der Waals surface area contributed by atoms with Crippen LogP contribution < -0.4 is 0 Å². The van der Waals surface area contributed by atoms with E-state index in [1.165, 1.54) is 6.08 Å². The molecule has 0 amide bonds. The third kappa shape index (κ3) is 3.20. The third-order valence-corrected chi connectivity index (χ3v) is 3.10. The molecular weight excluding hydrogens is 280 g/mol. The summed E-state index contributed by atoms with van der Waals surface area (Å²) in [6.45, 7) is 1.88. The molecule has 0 aliphatic carbocycles. The van der Waals surface area contributed by atoms with Gasteiger partial charge in [-0.05, 0) is 19.1 Å². The van der Waals surface area contributed by atoms with Crippen LogP contribution in [0.15, 0.2) is 53.2 Å². The monoisotopic (exact) mass is 294 g/mol. The average Bonchev–Trinajstić information content (AvgIpc) is 2.96. The quantitative estimate of drug-likeness (QED) is 0.545. The van der Waals surface area contributed by atoms with Crippen molar-refractivity contribution in [2.24, 2.45) is 0 Å². The standard InChI is InChI=1S/C17H14N2O3/c1-12-10-15(22-19-12)11-21-16(20)8-7-14-5-2-4-13-6-3-9-18-17(13)14/h2-10H,11H2,1H3/b8-7+. The van der Waals surface area contributed by atoms with Gasteiger partial charge >= 0.3 is 5.97 Å². The fourth-order valence-electron chi connectivity index (χ4n) is 2.09. The Morgan fingerprint density at radius 3 is 3.00 bits per heavy atom. The van der Waals surface area contributed by atoms with E-state index in [0.29, 0.717) is 5.76 Å². The number of rotatable bonds is 4. The highest BCUT2D eigenvalue weighted by Gasteiger charge is 2.04. The SMILES string of the molecule is Cc1cc(COC(=O)/C=C/c2cccc3cccnc23)on1. The van der Waals surface area contributed by atoms with Crippen molar-refractivity contribution in [2.45, 2.75) is 13.5 Å². The topological polar surface area (TPSA) is 65.2 Å². The van der Waals surface area contributed by atoms with E-state index in [2.05, 4.69) is 10.1 Å². The van der Waals surface area contributed by atoms with Gasteiger partial charge in [0.2, 0.25) is 0 Å². The lowest BCUT2D eigenvalue weighted by molar-refractivity contribution is -0.139. The van der Waals surface area contributed by atoms with Crippen LogP contribution in [0.25, 0.3) is 17.0 Å². The van der Waals surface area contributed by atoms with Gasteiger partial charge in [0.25, 0.3) is 0 Å². The van der Waals surface area contributed by atoms with Crippen LogP contribution in [-0.2, 0) is 16.1 Å². The molecule has 5 nitrogen and oxygen atoms in total. The number of fused-ring (bicyclic) bond motifs is 1. The van der Waals surface area contributed by atoms with Crippen molar-refractivity contribution in [2.75, 3.05) is 0 Å². The summed E-state index contributed by atoms with van der Waals surface area (Å²) in [6, 6.07) is 11.4. The smallest absolute Gasteiger partial charge is 0.331 e. The highest BCUT2D eigenvalue weighted by Crippen LogP contribution is 2.17. The lowest BCUT2D eigenvalue weighted by Gasteiger charge is -2.01. The number of hydrogen-bond donors (Lipinski definition) is 0. The van der Waals surface area contributed by atoms with Crippen molar-refractivity contribution in [3.8, 4) is 0 Å². The summed E-state index contributed by atoms with van der Waals surface area (Å²) in [6.07, 6.45) is 4.81. The first kappa shape index (κ1) is 14.0. The van der Waals surface area contributed by atoms with Crippen molar-refractivity contribution in [3.05, 3.63) is 65.7 Å². The Balaban J connectivity index is 1.68. The van der Waals surface area contributed by atoms with Crippen LogP contribution in [0, 0.1) is 6.92 Å². The van der Waals surface area contributed by atoms with Gasteiger partial charge in [-0.25, -0.2) is 4.79 Å². The van der Waals surface area contributed by atoms with E-state index >= 15 is 0 Å². The van der Waals surface area contributed by atoms with E-state index in [-0.39, 0.29) is 6.61 Å². The van der Waals surface area contributed by atoms with E-state index in [0.717, 1.165) is 22.2 Å². The first-order chi connectivity index (χ1) is 10.7. The number of benzene rings is 1. The molecule has 0 aliphatic rings.